The lowest BCUT2D eigenvalue weighted by Crippen LogP contribution is -2.36. The molecule has 0 amide bonds. The summed E-state index contributed by atoms with van der Waals surface area (Å²) in [5.41, 5.74) is 0.0244. The van der Waals surface area contributed by atoms with E-state index in [0.29, 0.717) is 12.5 Å². The zero-order chi connectivity index (χ0) is 10.0. The normalized spacial score (nSPS) is 10.2. The molecule has 70 valence electrons. The highest BCUT2D eigenvalue weighted by molar-refractivity contribution is 6.59. The first-order valence-corrected chi connectivity index (χ1v) is 3.90. The smallest absolute Gasteiger partial charge is 0.423 e. The first kappa shape index (κ1) is 10.1. The van der Waals surface area contributed by atoms with Crippen molar-refractivity contribution < 1.29 is 18.8 Å². The van der Waals surface area contributed by atoms with Crippen molar-refractivity contribution in [2.45, 2.75) is 13.3 Å². The summed E-state index contributed by atoms with van der Waals surface area (Å²) in [6.07, 6.45) is 0.349. The van der Waals surface area contributed by atoms with Crippen LogP contribution in [0.3, 0.4) is 0 Å². The number of rotatable bonds is 2. The van der Waals surface area contributed by atoms with E-state index in [-0.39, 0.29) is 11.0 Å². The predicted octanol–water partition coefficient (Wildman–Crippen LogP) is 0.207. The molecule has 1 aromatic carbocycles. The Balaban J connectivity index is 3.30. The molecule has 1 rings (SSSR count). The maximum atomic E-state index is 13.0. The van der Waals surface area contributed by atoms with Gasteiger partial charge in [-0.05, 0) is 18.1 Å². The summed E-state index contributed by atoms with van der Waals surface area (Å²) in [5, 5.41) is 17.6. The van der Waals surface area contributed by atoms with Crippen molar-refractivity contribution in [3.63, 3.8) is 0 Å². The lowest BCUT2D eigenvalue weighted by molar-refractivity contribution is 0.422. The van der Waals surface area contributed by atoms with Gasteiger partial charge in [0.1, 0.15) is 11.6 Å². The molecule has 0 saturated heterocycles. The minimum Gasteiger partial charge on any atom is -0.423 e. The Morgan fingerprint density at radius 1 is 1.31 bits per heavy atom. The van der Waals surface area contributed by atoms with Crippen LogP contribution in [0.1, 0.15) is 12.5 Å². The Hall–Kier alpha value is -0.935. The van der Waals surface area contributed by atoms with Crippen LogP contribution in [0.5, 0.6) is 0 Å². The van der Waals surface area contributed by atoms with E-state index < -0.39 is 18.8 Å². The van der Waals surface area contributed by atoms with Gasteiger partial charge in [0.05, 0.1) is 0 Å². The average Bonchev–Trinajstić information content (AvgIpc) is 2.01. The summed E-state index contributed by atoms with van der Waals surface area (Å²) in [5.74, 6) is -1.63. The maximum Gasteiger partial charge on any atom is 0.491 e. The van der Waals surface area contributed by atoms with Gasteiger partial charge in [0.15, 0.2) is 0 Å². The molecule has 0 saturated carbocycles. The van der Waals surface area contributed by atoms with Crippen LogP contribution in [0.15, 0.2) is 12.1 Å². The van der Waals surface area contributed by atoms with E-state index in [2.05, 4.69) is 0 Å². The van der Waals surface area contributed by atoms with Crippen molar-refractivity contribution in [3.8, 4) is 0 Å². The Labute approximate surface area is 75.0 Å². The van der Waals surface area contributed by atoms with E-state index in [1.807, 2.05) is 0 Å². The van der Waals surface area contributed by atoms with Gasteiger partial charge < -0.3 is 10.0 Å². The van der Waals surface area contributed by atoms with Gasteiger partial charge in [0, 0.05) is 11.5 Å². The second-order valence-electron chi connectivity index (χ2n) is 2.69. The second-order valence-corrected chi connectivity index (χ2v) is 2.69. The molecule has 2 nitrogen and oxygen atoms in total. The highest BCUT2D eigenvalue weighted by Crippen LogP contribution is 2.06. The van der Waals surface area contributed by atoms with Crippen LogP contribution in [-0.4, -0.2) is 17.2 Å². The molecule has 0 aliphatic rings. The molecule has 0 unspecified atom stereocenters. The SMILES string of the molecule is CCc1cc(F)cc(F)c1B(O)O. The lowest BCUT2D eigenvalue weighted by Gasteiger charge is -2.07. The van der Waals surface area contributed by atoms with Crippen LogP contribution in [0.4, 0.5) is 8.78 Å². The van der Waals surface area contributed by atoms with Crippen molar-refractivity contribution in [3.05, 3.63) is 29.3 Å². The lowest BCUT2D eigenvalue weighted by atomic mass is 9.76. The molecule has 5 heteroatoms. The van der Waals surface area contributed by atoms with E-state index in [4.69, 9.17) is 10.0 Å². The Morgan fingerprint density at radius 3 is 2.38 bits per heavy atom. The van der Waals surface area contributed by atoms with Crippen molar-refractivity contribution in [1.82, 2.24) is 0 Å². The summed E-state index contributed by atoms with van der Waals surface area (Å²) in [7, 11) is -1.89. The zero-order valence-electron chi connectivity index (χ0n) is 7.09. The van der Waals surface area contributed by atoms with Crippen LogP contribution in [-0.2, 0) is 6.42 Å². The summed E-state index contributed by atoms with van der Waals surface area (Å²) < 4.78 is 25.6. The Kier molecular flexibility index (Phi) is 3.00. The van der Waals surface area contributed by atoms with E-state index >= 15 is 0 Å². The molecule has 0 bridgehead atoms. The van der Waals surface area contributed by atoms with Gasteiger partial charge in [0.25, 0.3) is 0 Å². The number of benzene rings is 1. The molecular weight excluding hydrogens is 177 g/mol. The summed E-state index contributed by atoms with van der Waals surface area (Å²) in [6, 6.07) is 1.73. The number of hydrogen-bond acceptors (Lipinski definition) is 2. The highest BCUT2D eigenvalue weighted by Gasteiger charge is 2.20. The number of halogens is 2. The second kappa shape index (κ2) is 3.85. The number of hydrogen-bond donors (Lipinski definition) is 2. The minimum absolute atomic E-state index is 0.246. The van der Waals surface area contributed by atoms with Crippen molar-refractivity contribution in [2.75, 3.05) is 0 Å². The van der Waals surface area contributed by atoms with E-state index in [0.717, 1.165) is 6.07 Å². The molecule has 2 N–H and O–H groups in total. The van der Waals surface area contributed by atoms with Crippen LogP contribution in [0.2, 0.25) is 0 Å². The third-order valence-electron chi connectivity index (χ3n) is 1.82. The Morgan fingerprint density at radius 2 is 1.92 bits per heavy atom. The fraction of sp³-hybridized carbons (Fsp3) is 0.250. The molecule has 1 aromatic rings. The third-order valence-corrected chi connectivity index (χ3v) is 1.82. The summed E-state index contributed by atoms with van der Waals surface area (Å²) >= 11 is 0. The van der Waals surface area contributed by atoms with Crippen LogP contribution in [0, 0.1) is 11.6 Å². The number of aryl methyl sites for hydroxylation is 1. The van der Waals surface area contributed by atoms with Gasteiger partial charge in [-0.25, -0.2) is 8.78 Å². The molecular formula is C8H9BF2O2. The monoisotopic (exact) mass is 186 g/mol. The van der Waals surface area contributed by atoms with Gasteiger partial charge >= 0.3 is 7.12 Å². The summed E-state index contributed by atoms with van der Waals surface area (Å²) in [6.45, 7) is 1.68. The minimum atomic E-state index is -1.89. The zero-order valence-corrected chi connectivity index (χ0v) is 7.09. The van der Waals surface area contributed by atoms with Crippen LogP contribution < -0.4 is 5.46 Å². The van der Waals surface area contributed by atoms with Crippen LogP contribution in [0.25, 0.3) is 0 Å². The van der Waals surface area contributed by atoms with E-state index in [1.54, 1.807) is 6.92 Å². The first-order chi connectivity index (χ1) is 6.06. The van der Waals surface area contributed by atoms with E-state index in [9.17, 15) is 8.78 Å². The third kappa shape index (κ3) is 2.05. The molecule has 0 heterocycles. The Bertz CT molecular complexity index is 315. The standard InChI is InChI=1S/C8H9BF2O2/c1-2-5-3-6(10)4-7(11)8(5)9(12)13/h3-4,12-13H,2H2,1H3. The molecule has 13 heavy (non-hydrogen) atoms. The van der Waals surface area contributed by atoms with Gasteiger partial charge in [-0.15, -0.1) is 0 Å². The van der Waals surface area contributed by atoms with Gasteiger partial charge in [-0.2, -0.15) is 0 Å². The molecule has 0 radical (unpaired) electrons. The van der Waals surface area contributed by atoms with Crippen LogP contribution >= 0.6 is 0 Å². The predicted molar refractivity (Wildman–Crippen MR) is 45.6 cm³/mol. The highest BCUT2D eigenvalue weighted by atomic mass is 19.1. The average molecular weight is 186 g/mol. The van der Waals surface area contributed by atoms with Gasteiger partial charge in [-0.3, -0.25) is 0 Å². The fourth-order valence-corrected chi connectivity index (χ4v) is 1.22. The van der Waals surface area contributed by atoms with Gasteiger partial charge in [0.2, 0.25) is 0 Å². The van der Waals surface area contributed by atoms with Crippen molar-refractivity contribution in [2.24, 2.45) is 0 Å². The first-order valence-electron chi connectivity index (χ1n) is 3.90. The van der Waals surface area contributed by atoms with Crippen molar-refractivity contribution in [1.29, 1.82) is 0 Å². The molecule has 0 spiro atoms. The molecule has 0 fully saturated rings. The van der Waals surface area contributed by atoms with Gasteiger partial charge in [-0.1, -0.05) is 6.92 Å². The molecule has 0 aromatic heterocycles. The topological polar surface area (TPSA) is 40.5 Å². The summed E-state index contributed by atoms with van der Waals surface area (Å²) in [4.78, 5) is 0. The molecule has 0 atom stereocenters. The van der Waals surface area contributed by atoms with Crippen molar-refractivity contribution >= 4 is 12.6 Å². The quantitative estimate of drug-likeness (QED) is 0.648. The fourth-order valence-electron chi connectivity index (χ4n) is 1.22. The van der Waals surface area contributed by atoms with E-state index in [1.165, 1.54) is 0 Å². The largest absolute Gasteiger partial charge is 0.491 e. The molecule has 0 aliphatic heterocycles. The molecule has 0 aliphatic carbocycles. The maximum absolute atomic E-state index is 13.0.